The molecule has 0 bridgehead atoms. The van der Waals surface area contributed by atoms with E-state index in [1.807, 2.05) is 29.9 Å². The zero-order chi connectivity index (χ0) is 4.99. The molecule has 0 aromatic carbocycles. The standard InChI is InChI=1S/C4H9IO/c1-3-4(2)6-5/h4H,3H2,1-2H3/t4-/m1/s1. The van der Waals surface area contributed by atoms with Gasteiger partial charge in [-0.2, -0.15) is 0 Å². The molecule has 0 radical (unpaired) electrons. The molecule has 0 aromatic rings. The Balaban J connectivity index is 2.75. The lowest BCUT2D eigenvalue weighted by molar-refractivity contribution is 0.301. The first-order chi connectivity index (χ1) is 2.81. The predicted molar refractivity (Wildman–Crippen MR) is 34.9 cm³/mol. The van der Waals surface area contributed by atoms with Crippen LogP contribution in [0.3, 0.4) is 0 Å². The van der Waals surface area contributed by atoms with E-state index in [9.17, 15) is 0 Å². The average Bonchev–Trinajstić information content (AvgIpc) is 1.65. The summed E-state index contributed by atoms with van der Waals surface area (Å²) >= 11 is 1.91. The summed E-state index contributed by atoms with van der Waals surface area (Å²) in [5.41, 5.74) is 0. The van der Waals surface area contributed by atoms with Gasteiger partial charge in [0, 0.05) is 0 Å². The van der Waals surface area contributed by atoms with Gasteiger partial charge >= 0.3 is 0 Å². The highest BCUT2D eigenvalue weighted by Crippen LogP contribution is 1.99. The van der Waals surface area contributed by atoms with E-state index in [-0.39, 0.29) is 0 Å². The Morgan fingerprint density at radius 1 is 1.83 bits per heavy atom. The minimum atomic E-state index is 0.422. The van der Waals surface area contributed by atoms with Crippen molar-refractivity contribution in [3.63, 3.8) is 0 Å². The van der Waals surface area contributed by atoms with Gasteiger partial charge in [-0.15, -0.1) is 0 Å². The Morgan fingerprint density at radius 3 is 2.33 bits per heavy atom. The van der Waals surface area contributed by atoms with Gasteiger partial charge in [-0.3, -0.25) is 0 Å². The lowest BCUT2D eigenvalue weighted by atomic mass is 10.3. The lowest BCUT2D eigenvalue weighted by Gasteiger charge is -1.98. The van der Waals surface area contributed by atoms with Crippen LogP contribution in [-0.2, 0) is 3.07 Å². The highest BCUT2D eigenvalue weighted by molar-refractivity contribution is 14.1. The maximum Gasteiger partial charge on any atom is 0.110 e. The van der Waals surface area contributed by atoms with Crippen molar-refractivity contribution in [3.05, 3.63) is 0 Å². The Labute approximate surface area is 52.8 Å². The first-order valence-electron chi connectivity index (χ1n) is 2.08. The van der Waals surface area contributed by atoms with Crippen LogP contribution in [0.15, 0.2) is 0 Å². The van der Waals surface area contributed by atoms with Gasteiger partial charge in [-0.05, 0) is 13.3 Å². The van der Waals surface area contributed by atoms with Crippen LogP contribution < -0.4 is 0 Å². The first kappa shape index (κ1) is 6.69. The van der Waals surface area contributed by atoms with Crippen molar-refractivity contribution < 1.29 is 3.07 Å². The van der Waals surface area contributed by atoms with Crippen LogP contribution in [0.4, 0.5) is 0 Å². The highest BCUT2D eigenvalue weighted by atomic mass is 127. The molecule has 0 N–H and O–H groups in total. The molecule has 0 rings (SSSR count). The molecule has 0 heterocycles. The largest absolute Gasteiger partial charge is 0.313 e. The van der Waals surface area contributed by atoms with Gasteiger partial charge < -0.3 is 3.07 Å². The van der Waals surface area contributed by atoms with E-state index in [1.165, 1.54) is 0 Å². The van der Waals surface area contributed by atoms with E-state index in [2.05, 4.69) is 6.92 Å². The van der Waals surface area contributed by atoms with Crippen molar-refractivity contribution in [1.29, 1.82) is 0 Å². The number of rotatable bonds is 2. The summed E-state index contributed by atoms with van der Waals surface area (Å²) in [4.78, 5) is 0. The Kier molecular flexibility index (Phi) is 4.31. The van der Waals surface area contributed by atoms with Crippen molar-refractivity contribution in [2.75, 3.05) is 0 Å². The third-order valence-corrected chi connectivity index (χ3v) is 1.60. The van der Waals surface area contributed by atoms with E-state index < -0.39 is 0 Å². The van der Waals surface area contributed by atoms with Crippen LogP contribution in [0, 0.1) is 0 Å². The smallest absolute Gasteiger partial charge is 0.110 e. The SMILES string of the molecule is CC[C@@H](C)OI. The van der Waals surface area contributed by atoms with Gasteiger partial charge in [0.25, 0.3) is 0 Å². The molecule has 1 nitrogen and oxygen atoms in total. The summed E-state index contributed by atoms with van der Waals surface area (Å²) in [7, 11) is 0. The number of hydrogen-bond acceptors (Lipinski definition) is 1. The fraction of sp³-hybridized carbons (Fsp3) is 1.00. The Bertz CT molecular complexity index is 26.7. The molecule has 0 amide bonds. The molecule has 0 aliphatic rings. The third kappa shape index (κ3) is 2.90. The first-order valence-corrected chi connectivity index (χ1v) is 2.96. The van der Waals surface area contributed by atoms with Crippen molar-refractivity contribution in [1.82, 2.24) is 0 Å². The summed E-state index contributed by atoms with van der Waals surface area (Å²) in [6.07, 6.45) is 1.52. The zero-order valence-electron chi connectivity index (χ0n) is 4.07. The topological polar surface area (TPSA) is 9.23 Å². The lowest BCUT2D eigenvalue weighted by Crippen LogP contribution is -1.95. The fourth-order valence-corrected chi connectivity index (χ4v) is 0.423. The summed E-state index contributed by atoms with van der Waals surface area (Å²) < 4.78 is 4.87. The minimum absolute atomic E-state index is 0.422. The van der Waals surface area contributed by atoms with Crippen molar-refractivity contribution in [2.24, 2.45) is 0 Å². The second-order valence-corrected chi connectivity index (χ2v) is 1.82. The van der Waals surface area contributed by atoms with Gasteiger partial charge in [-0.25, -0.2) is 0 Å². The third-order valence-electron chi connectivity index (χ3n) is 0.727. The van der Waals surface area contributed by atoms with Gasteiger partial charge in [-0.1, -0.05) is 6.92 Å². The molecule has 0 fully saturated rings. The van der Waals surface area contributed by atoms with E-state index in [0.29, 0.717) is 6.10 Å². The maximum atomic E-state index is 4.87. The predicted octanol–water partition coefficient (Wildman–Crippen LogP) is 2.15. The molecule has 0 aromatic heterocycles. The average molecular weight is 200 g/mol. The molecule has 0 aliphatic heterocycles. The molecular weight excluding hydrogens is 191 g/mol. The Morgan fingerprint density at radius 2 is 2.33 bits per heavy atom. The van der Waals surface area contributed by atoms with E-state index >= 15 is 0 Å². The van der Waals surface area contributed by atoms with E-state index in [4.69, 9.17) is 3.07 Å². The second kappa shape index (κ2) is 3.87. The van der Waals surface area contributed by atoms with Gasteiger partial charge in [0.2, 0.25) is 0 Å². The molecule has 6 heavy (non-hydrogen) atoms. The van der Waals surface area contributed by atoms with Crippen molar-refractivity contribution >= 4 is 23.0 Å². The zero-order valence-corrected chi connectivity index (χ0v) is 6.23. The van der Waals surface area contributed by atoms with Crippen LogP contribution in [-0.4, -0.2) is 6.10 Å². The van der Waals surface area contributed by atoms with Crippen molar-refractivity contribution in [2.45, 2.75) is 26.4 Å². The number of hydrogen-bond donors (Lipinski definition) is 0. The van der Waals surface area contributed by atoms with Crippen LogP contribution >= 0.6 is 23.0 Å². The van der Waals surface area contributed by atoms with Gasteiger partial charge in [0.1, 0.15) is 23.0 Å². The molecule has 0 saturated heterocycles. The molecule has 0 spiro atoms. The molecule has 0 saturated carbocycles. The molecule has 0 aliphatic carbocycles. The van der Waals surface area contributed by atoms with E-state index in [0.717, 1.165) is 6.42 Å². The molecular formula is C4H9IO. The monoisotopic (exact) mass is 200 g/mol. The van der Waals surface area contributed by atoms with Gasteiger partial charge in [0.05, 0.1) is 6.10 Å². The maximum absolute atomic E-state index is 4.87. The Hall–Kier alpha value is 0.690. The van der Waals surface area contributed by atoms with E-state index in [1.54, 1.807) is 0 Å². The molecule has 1 atom stereocenters. The molecule has 38 valence electrons. The van der Waals surface area contributed by atoms with Crippen LogP contribution in [0.2, 0.25) is 0 Å². The quantitative estimate of drug-likeness (QED) is 0.620. The molecule has 2 heteroatoms. The summed E-state index contributed by atoms with van der Waals surface area (Å²) in [6.45, 7) is 4.15. The van der Waals surface area contributed by atoms with Gasteiger partial charge in [0.15, 0.2) is 0 Å². The molecule has 0 unspecified atom stereocenters. The second-order valence-electron chi connectivity index (χ2n) is 1.31. The van der Waals surface area contributed by atoms with Crippen LogP contribution in [0.25, 0.3) is 0 Å². The van der Waals surface area contributed by atoms with Crippen molar-refractivity contribution in [3.8, 4) is 0 Å². The summed E-state index contributed by atoms with van der Waals surface area (Å²) in [5.74, 6) is 0. The summed E-state index contributed by atoms with van der Waals surface area (Å²) in [5, 5.41) is 0. The van der Waals surface area contributed by atoms with Crippen LogP contribution in [0.1, 0.15) is 20.3 Å². The minimum Gasteiger partial charge on any atom is -0.313 e. The summed E-state index contributed by atoms with van der Waals surface area (Å²) in [6, 6.07) is 0. The normalized spacial score (nSPS) is 14.5. The fourth-order valence-electron chi connectivity index (χ4n) is 0.0630. The highest BCUT2D eigenvalue weighted by Gasteiger charge is 1.90. The van der Waals surface area contributed by atoms with Crippen LogP contribution in [0.5, 0.6) is 0 Å². The number of halogens is 1.